The van der Waals surface area contributed by atoms with E-state index in [4.69, 9.17) is 0 Å². The van der Waals surface area contributed by atoms with Gasteiger partial charge in [-0.1, -0.05) is 15.9 Å². The van der Waals surface area contributed by atoms with Gasteiger partial charge in [0.15, 0.2) is 0 Å². The van der Waals surface area contributed by atoms with Crippen LogP contribution in [-0.4, -0.2) is 25.1 Å². The SMILES string of the molecule is CON(C)C(=O)c1c(C(F)(F)F)cc(Br)cc1C(F)(F)F. The van der Waals surface area contributed by atoms with Crippen LogP contribution in [0.25, 0.3) is 0 Å². The summed E-state index contributed by atoms with van der Waals surface area (Å²) < 4.78 is 77.1. The van der Waals surface area contributed by atoms with Crippen molar-refractivity contribution < 1.29 is 36.0 Å². The Balaban J connectivity index is 3.74. The summed E-state index contributed by atoms with van der Waals surface area (Å²) in [5.74, 6) is -1.55. The maximum atomic E-state index is 12.9. The van der Waals surface area contributed by atoms with E-state index in [1.807, 2.05) is 0 Å². The van der Waals surface area contributed by atoms with Crippen LogP contribution in [0.3, 0.4) is 0 Å². The molecular weight excluding hydrogens is 372 g/mol. The van der Waals surface area contributed by atoms with Crippen LogP contribution in [0.1, 0.15) is 21.5 Å². The molecule has 0 fully saturated rings. The molecule has 1 amide bonds. The molecule has 0 heterocycles. The Bertz CT molecular complexity index is 520. The monoisotopic (exact) mass is 379 g/mol. The summed E-state index contributed by atoms with van der Waals surface area (Å²) >= 11 is 2.58. The van der Waals surface area contributed by atoms with Crippen LogP contribution >= 0.6 is 15.9 Å². The first-order chi connectivity index (χ1) is 9.39. The molecule has 21 heavy (non-hydrogen) atoms. The van der Waals surface area contributed by atoms with E-state index in [0.29, 0.717) is 12.1 Å². The molecular formula is C11H8BrF6NO2. The first kappa shape index (κ1) is 17.8. The Hall–Kier alpha value is -1.29. The van der Waals surface area contributed by atoms with Crippen LogP contribution in [0, 0.1) is 0 Å². The standard InChI is InChI=1S/C11H8BrF6NO2/c1-19(21-2)9(20)8-6(10(13,14)15)3-5(12)4-7(8)11(16,17)18/h3-4H,1-2H3. The van der Waals surface area contributed by atoms with Crippen molar-refractivity contribution in [2.45, 2.75) is 12.4 Å². The van der Waals surface area contributed by atoms with Crippen molar-refractivity contribution in [3.8, 4) is 0 Å². The van der Waals surface area contributed by atoms with Gasteiger partial charge in [-0.25, -0.2) is 5.06 Å². The van der Waals surface area contributed by atoms with Crippen molar-refractivity contribution in [1.82, 2.24) is 5.06 Å². The van der Waals surface area contributed by atoms with Gasteiger partial charge in [0.1, 0.15) is 0 Å². The van der Waals surface area contributed by atoms with Crippen LogP contribution in [0.2, 0.25) is 0 Å². The molecule has 0 atom stereocenters. The van der Waals surface area contributed by atoms with Gasteiger partial charge in [0, 0.05) is 11.5 Å². The van der Waals surface area contributed by atoms with E-state index in [1.54, 1.807) is 0 Å². The number of alkyl halides is 6. The lowest BCUT2D eigenvalue weighted by Gasteiger charge is -2.21. The van der Waals surface area contributed by atoms with Crippen LogP contribution < -0.4 is 0 Å². The number of hydroxylamine groups is 2. The van der Waals surface area contributed by atoms with E-state index in [0.717, 1.165) is 14.2 Å². The number of nitrogens with zero attached hydrogens (tertiary/aromatic N) is 1. The minimum absolute atomic E-state index is 0.285. The maximum Gasteiger partial charge on any atom is 0.417 e. The minimum Gasteiger partial charge on any atom is -0.274 e. The summed E-state index contributed by atoms with van der Waals surface area (Å²) in [6.45, 7) is 0. The maximum absolute atomic E-state index is 12.9. The largest absolute Gasteiger partial charge is 0.417 e. The summed E-state index contributed by atoms with van der Waals surface area (Å²) in [7, 11) is 1.85. The fourth-order valence-corrected chi connectivity index (χ4v) is 1.98. The number of rotatable bonds is 2. The fourth-order valence-electron chi connectivity index (χ4n) is 1.52. The lowest BCUT2D eigenvalue weighted by Crippen LogP contribution is -2.30. The predicted molar refractivity (Wildman–Crippen MR) is 63.2 cm³/mol. The summed E-state index contributed by atoms with van der Waals surface area (Å²) in [6, 6.07) is 0.817. The molecule has 0 saturated carbocycles. The number of carbonyl (C=O) groups excluding carboxylic acids is 1. The smallest absolute Gasteiger partial charge is 0.274 e. The Morgan fingerprint density at radius 3 is 1.76 bits per heavy atom. The van der Waals surface area contributed by atoms with Gasteiger partial charge in [0.2, 0.25) is 0 Å². The highest BCUT2D eigenvalue weighted by Gasteiger charge is 2.44. The second-order valence-electron chi connectivity index (χ2n) is 3.86. The molecule has 0 saturated heterocycles. The van der Waals surface area contributed by atoms with Crippen LogP contribution in [0.5, 0.6) is 0 Å². The highest BCUT2D eigenvalue weighted by atomic mass is 79.9. The molecule has 0 N–H and O–H groups in total. The average Bonchev–Trinajstić information content (AvgIpc) is 2.33. The van der Waals surface area contributed by atoms with Crippen molar-refractivity contribution in [2.75, 3.05) is 14.2 Å². The van der Waals surface area contributed by atoms with Crippen LogP contribution in [0.4, 0.5) is 26.3 Å². The Morgan fingerprint density at radius 1 is 1.10 bits per heavy atom. The normalized spacial score (nSPS) is 12.4. The molecule has 1 rings (SSSR count). The van der Waals surface area contributed by atoms with Crippen molar-refractivity contribution in [2.24, 2.45) is 0 Å². The van der Waals surface area contributed by atoms with Crippen LogP contribution in [-0.2, 0) is 17.2 Å². The molecule has 0 aliphatic heterocycles. The van der Waals surface area contributed by atoms with Gasteiger partial charge in [-0.2, -0.15) is 26.3 Å². The van der Waals surface area contributed by atoms with E-state index in [2.05, 4.69) is 20.8 Å². The van der Waals surface area contributed by atoms with Crippen LogP contribution in [0.15, 0.2) is 16.6 Å². The molecule has 0 radical (unpaired) electrons. The number of halogens is 7. The minimum atomic E-state index is -5.14. The zero-order valence-corrected chi connectivity index (χ0v) is 12.2. The molecule has 10 heteroatoms. The summed E-state index contributed by atoms with van der Waals surface area (Å²) in [5.41, 5.74) is -4.90. The molecule has 0 aromatic heterocycles. The molecule has 3 nitrogen and oxygen atoms in total. The lowest BCUT2D eigenvalue weighted by atomic mass is 9.99. The highest BCUT2D eigenvalue weighted by Crippen LogP contribution is 2.41. The lowest BCUT2D eigenvalue weighted by molar-refractivity contribution is -0.144. The van der Waals surface area contributed by atoms with E-state index < -0.39 is 39.4 Å². The van der Waals surface area contributed by atoms with Crippen molar-refractivity contribution in [1.29, 1.82) is 0 Å². The van der Waals surface area contributed by atoms with E-state index in [9.17, 15) is 31.1 Å². The van der Waals surface area contributed by atoms with Gasteiger partial charge in [-0.3, -0.25) is 9.63 Å². The van der Waals surface area contributed by atoms with Gasteiger partial charge >= 0.3 is 12.4 Å². The second kappa shape index (κ2) is 5.84. The molecule has 0 aliphatic rings. The molecule has 0 spiro atoms. The number of carbonyl (C=O) groups is 1. The van der Waals surface area contributed by atoms with Gasteiger partial charge in [0.25, 0.3) is 5.91 Å². The van der Waals surface area contributed by atoms with Crippen molar-refractivity contribution in [3.63, 3.8) is 0 Å². The molecule has 0 unspecified atom stereocenters. The number of hydrogen-bond donors (Lipinski definition) is 0. The van der Waals surface area contributed by atoms with Crippen molar-refractivity contribution >= 4 is 21.8 Å². The van der Waals surface area contributed by atoms with Gasteiger partial charge in [0.05, 0.1) is 23.8 Å². The molecule has 1 aromatic rings. The number of benzene rings is 1. The topological polar surface area (TPSA) is 29.5 Å². The van der Waals surface area contributed by atoms with E-state index in [-0.39, 0.29) is 5.06 Å². The highest BCUT2D eigenvalue weighted by molar-refractivity contribution is 9.10. The quantitative estimate of drug-likeness (QED) is 0.571. The Morgan fingerprint density at radius 2 is 1.48 bits per heavy atom. The van der Waals surface area contributed by atoms with E-state index in [1.165, 1.54) is 0 Å². The first-order valence-electron chi connectivity index (χ1n) is 5.19. The molecule has 0 aliphatic carbocycles. The van der Waals surface area contributed by atoms with Gasteiger partial charge < -0.3 is 0 Å². The zero-order chi connectivity index (χ0) is 16.6. The first-order valence-corrected chi connectivity index (χ1v) is 5.99. The molecule has 118 valence electrons. The average molecular weight is 380 g/mol. The Kier molecular flexibility index (Phi) is 4.94. The molecule has 1 aromatic carbocycles. The van der Waals surface area contributed by atoms with E-state index >= 15 is 0 Å². The van der Waals surface area contributed by atoms with Gasteiger partial charge in [-0.05, 0) is 12.1 Å². The number of hydrogen-bond acceptors (Lipinski definition) is 2. The number of amides is 1. The summed E-state index contributed by atoms with van der Waals surface area (Å²) in [5, 5.41) is 0.285. The Labute approximate surface area is 123 Å². The fraction of sp³-hybridized carbons (Fsp3) is 0.364. The third-order valence-electron chi connectivity index (χ3n) is 2.49. The zero-order valence-electron chi connectivity index (χ0n) is 10.6. The van der Waals surface area contributed by atoms with Crippen molar-refractivity contribution in [3.05, 3.63) is 33.3 Å². The third kappa shape index (κ3) is 3.88. The second-order valence-corrected chi connectivity index (χ2v) is 4.77. The predicted octanol–water partition coefficient (Wildman–Crippen LogP) is 4.12. The molecule has 0 bridgehead atoms. The van der Waals surface area contributed by atoms with Gasteiger partial charge in [-0.15, -0.1) is 0 Å². The third-order valence-corrected chi connectivity index (χ3v) is 2.95. The summed E-state index contributed by atoms with van der Waals surface area (Å²) in [4.78, 5) is 16.2. The summed E-state index contributed by atoms with van der Waals surface area (Å²) in [6.07, 6.45) is -10.3.